The van der Waals surface area contributed by atoms with Crippen molar-refractivity contribution >= 4 is 5.97 Å². The predicted octanol–water partition coefficient (Wildman–Crippen LogP) is 2.23. The first kappa shape index (κ1) is 9.95. The van der Waals surface area contributed by atoms with Crippen molar-refractivity contribution < 1.29 is 9.90 Å². The van der Waals surface area contributed by atoms with Crippen molar-refractivity contribution in [1.29, 1.82) is 0 Å². The summed E-state index contributed by atoms with van der Waals surface area (Å²) in [4.78, 5) is 10.1. The van der Waals surface area contributed by atoms with E-state index >= 15 is 0 Å². The minimum atomic E-state index is -0.901. The molecule has 0 saturated carbocycles. The second-order valence-electron chi connectivity index (χ2n) is 2.83. The summed E-state index contributed by atoms with van der Waals surface area (Å²) in [6.45, 7) is 6.00. The van der Waals surface area contributed by atoms with E-state index in [1.807, 2.05) is 13.0 Å². The second-order valence-corrected chi connectivity index (χ2v) is 2.83. The molecule has 0 bridgehead atoms. The van der Waals surface area contributed by atoms with Gasteiger partial charge in [0.1, 0.15) is 0 Å². The molecule has 0 unspecified atom stereocenters. The molecular weight excluding hydrogens is 140 g/mol. The Kier molecular flexibility index (Phi) is 4.27. The van der Waals surface area contributed by atoms with Crippen LogP contribution in [0.15, 0.2) is 23.8 Å². The van der Waals surface area contributed by atoms with Gasteiger partial charge < -0.3 is 5.11 Å². The monoisotopic (exact) mass is 154 g/mol. The number of aliphatic carboxylic acids is 1. The Morgan fingerprint density at radius 3 is 2.27 bits per heavy atom. The summed E-state index contributed by atoms with van der Waals surface area (Å²) in [6, 6.07) is 0. The Morgan fingerprint density at radius 2 is 1.91 bits per heavy atom. The van der Waals surface area contributed by atoms with E-state index in [1.54, 1.807) is 6.08 Å². The van der Waals surface area contributed by atoms with E-state index in [2.05, 4.69) is 13.8 Å². The topological polar surface area (TPSA) is 37.3 Å². The highest BCUT2D eigenvalue weighted by atomic mass is 16.4. The van der Waals surface area contributed by atoms with Gasteiger partial charge in [0.15, 0.2) is 0 Å². The van der Waals surface area contributed by atoms with Crippen molar-refractivity contribution in [3.8, 4) is 0 Å². The highest BCUT2D eigenvalue weighted by Crippen LogP contribution is 2.02. The van der Waals surface area contributed by atoms with Crippen molar-refractivity contribution in [2.75, 3.05) is 0 Å². The standard InChI is InChI=1S/C9H14O2/c1-7(2)6-8(3)4-5-9(10)11/h4-7H,1-3H3,(H,10,11)/b5-4?,8-6+. The number of allylic oxidation sites excluding steroid dienone is 3. The summed E-state index contributed by atoms with van der Waals surface area (Å²) in [5, 5.41) is 8.28. The first-order chi connectivity index (χ1) is 5.02. The van der Waals surface area contributed by atoms with Gasteiger partial charge in [-0.05, 0) is 12.8 Å². The lowest BCUT2D eigenvalue weighted by molar-refractivity contribution is -0.131. The van der Waals surface area contributed by atoms with E-state index < -0.39 is 5.97 Å². The van der Waals surface area contributed by atoms with E-state index in [1.165, 1.54) is 0 Å². The fraction of sp³-hybridized carbons (Fsp3) is 0.444. The van der Waals surface area contributed by atoms with Gasteiger partial charge in [0.2, 0.25) is 0 Å². The molecule has 0 aromatic heterocycles. The second kappa shape index (κ2) is 4.72. The van der Waals surface area contributed by atoms with Gasteiger partial charge in [-0.3, -0.25) is 0 Å². The molecule has 62 valence electrons. The van der Waals surface area contributed by atoms with Crippen LogP contribution in [-0.2, 0) is 4.79 Å². The number of carboxylic acid groups (broad SMARTS) is 1. The van der Waals surface area contributed by atoms with Crippen LogP contribution in [-0.4, -0.2) is 11.1 Å². The van der Waals surface area contributed by atoms with Crippen LogP contribution in [0.3, 0.4) is 0 Å². The largest absolute Gasteiger partial charge is 0.478 e. The van der Waals surface area contributed by atoms with E-state index in [0.717, 1.165) is 11.6 Å². The molecule has 2 nitrogen and oxygen atoms in total. The van der Waals surface area contributed by atoms with Gasteiger partial charge in [-0.1, -0.05) is 31.6 Å². The zero-order valence-electron chi connectivity index (χ0n) is 7.16. The van der Waals surface area contributed by atoms with Crippen LogP contribution in [0.1, 0.15) is 20.8 Å². The molecule has 0 aliphatic heterocycles. The lowest BCUT2D eigenvalue weighted by atomic mass is 10.1. The van der Waals surface area contributed by atoms with Gasteiger partial charge in [0, 0.05) is 6.08 Å². The predicted molar refractivity (Wildman–Crippen MR) is 45.4 cm³/mol. The molecule has 0 aliphatic rings. The molecule has 1 N–H and O–H groups in total. The fourth-order valence-corrected chi connectivity index (χ4v) is 0.784. The smallest absolute Gasteiger partial charge is 0.328 e. The normalized spacial score (nSPS) is 12.9. The molecule has 0 fully saturated rings. The van der Waals surface area contributed by atoms with Crippen molar-refractivity contribution in [2.45, 2.75) is 20.8 Å². The lowest BCUT2D eigenvalue weighted by Crippen LogP contribution is -1.87. The first-order valence-corrected chi connectivity index (χ1v) is 3.62. The zero-order chi connectivity index (χ0) is 8.85. The molecular formula is C9H14O2. The molecule has 0 aromatic carbocycles. The van der Waals surface area contributed by atoms with Crippen molar-refractivity contribution in [2.24, 2.45) is 5.92 Å². The molecule has 0 heterocycles. The molecule has 0 spiro atoms. The Morgan fingerprint density at radius 1 is 1.36 bits per heavy atom. The van der Waals surface area contributed by atoms with Gasteiger partial charge in [-0.2, -0.15) is 0 Å². The molecule has 0 atom stereocenters. The average Bonchev–Trinajstić information content (AvgIpc) is 1.82. The van der Waals surface area contributed by atoms with Gasteiger partial charge >= 0.3 is 5.97 Å². The number of rotatable bonds is 3. The Hall–Kier alpha value is -1.05. The van der Waals surface area contributed by atoms with Crippen molar-refractivity contribution in [3.63, 3.8) is 0 Å². The Labute approximate surface area is 67.2 Å². The SMILES string of the molecule is C/C(C=CC(=O)O)=C\C(C)C. The van der Waals surface area contributed by atoms with Crippen LogP contribution in [0.5, 0.6) is 0 Å². The van der Waals surface area contributed by atoms with Crippen LogP contribution in [0.2, 0.25) is 0 Å². The summed E-state index contributed by atoms with van der Waals surface area (Å²) in [5.74, 6) is -0.435. The zero-order valence-corrected chi connectivity index (χ0v) is 7.16. The minimum Gasteiger partial charge on any atom is -0.478 e. The first-order valence-electron chi connectivity index (χ1n) is 3.62. The van der Waals surface area contributed by atoms with Crippen LogP contribution in [0, 0.1) is 5.92 Å². The molecule has 0 saturated heterocycles. The van der Waals surface area contributed by atoms with E-state index in [9.17, 15) is 4.79 Å². The Bertz CT molecular complexity index is 188. The van der Waals surface area contributed by atoms with Gasteiger partial charge in [-0.25, -0.2) is 4.79 Å². The molecule has 0 aliphatic carbocycles. The highest BCUT2D eigenvalue weighted by Gasteiger charge is 1.89. The Balaban J connectivity index is 4.05. The molecule has 11 heavy (non-hydrogen) atoms. The van der Waals surface area contributed by atoms with Gasteiger partial charge in [0.05, 0.1) is 0 Å². The van der Waals surface area contributed by atoms with Crippen LogP contribution < -0.4 is 0 Å². The minimum absolute atomic E-state index is 0.466. The van der Waals surface area contributed by atoms with Crippen molar-refractivity contribution in [3.05, 3.63) is 23.8 Å². The van der Waals surface area contributed by atoms with Gasteiger partial charge in [-0.15, -0.1) is 0 Å². The summed E-state index contributed by atoms with van der Waals surface area (Å²) >= 11 is 0. The number of hydrogen-bond donors (Lipinski definition) is 1. The maximum absolute atomic E-state index is 10.1. The summed E-state index contributed by atoms with van der Waals surface area (Å²) in [5.41, 5.74) is 0.988. The average molecular weight is 154 g/mol. The van der Waals surface area contributed by atoms with E-state index in [4.69, 9.17) is 5.11 Å². The fourth-order valence-electron chi connectivity index (χ4n) is 0.784. The van der Waals surface area contributed by atoms with Crippen molar-refractivity contribution in [1.82, 2.24) is 0 Å². The molecule has 0 aromatic rings. The maximum atomic E-state index is 10.1. The maximum Gasteiger partial charge on any atom is 0.328 e. The third-order valence-electron chi connectivity index (χ3n) is 1.09. The molecule has 0 amide bonds. The molecule has 0 radical (unpaired) electrons. The van der Waals surface area contributed by atoms with Gasteiger partial charge in [0.25, 0.3) is 0 Å². The number of hydrogen-bond acceptors (Lipinski definition) is 1. The van der Waals surface area contributed by atoms with E-state index in [-0.39, 0.29) is 0 Å². The number of carbonyl (C=O) groups is 1. The molecule has 0 rings (SSSR count). The quantitative estimate of drug-likeness (QED) is 0.500. The van der Waals surface area contributed by atoms with Crippen LogP contribution in [0.4, 0.5) is 0 Å². The highest BCUT2D eigenvalue weighted by molar-refractivity contribution is 5.80. The number of carboxylic acids is 1. The third kappa shape index (κ3) is 6.84. The third-order valence-corrected chi connectivity index (χ3v) is 1.09. The lowest BCUT2D eigenvalue weighted by Gasteiger charge is -1.95. The summed E-state index contributed by atoms with van der Waals surface area (Å²) in [6.07, 6.45) is 4.76. The summed E-state index contributed by atoms with van der Waals surface area (Å²) < 4.78 is 0. The van der Waals surface area contributed by atoms with Crippen LogP contribution in [0.25, 0.3) is 0 Å². The molecule has 2 heteroatoms. The van der Waals surface area contributed by atoms with E-state index in [0.29, 0.717) is 5.92 Å². The summed E-state index contributed by atoms with van der Waals surface area (Å²) in [7, 11) is 0. The van der Waals surface area contributed by atoms with Crippen LogP contribution >= 0.6 is 0 Å².